The van der Waals surface area contributed by atoms with Crippen LogP contribution in [0.3, 0.4) is 0 Å². The van der Waals surface area contributed by atoms with Crippen molar-refractivity contribution in [1.82, 2.24) is 4.98 Å². The van der Waals surface area contributed by atoms with Gasteiger partial charge in [0, 0.05) is 0 Å². The van der Waals surface area contributed by atoms with Gasteiger partial charge in [-0.25, -0.2) is 13.8 Å². The van der Waals surface area contributed by atoms with Crippen LogP contribution in [-0.4, -0.2) is 4.98 Å². The summed E-state index contributed by atoms with van der Waals surface area (Å²) >= 11 is 10.5. The van der Waals surface area contributed by atoms with E-state index in [1.165, 1.54) is 0 Å². The van der Waals surface area contributed by atoms with E-state index >= 15 is 0 Å². The lowest BCUT2D eigenvalue weighted by atomic mass is 10.1. The number of alkyl halides is 6. The van der Waals surface area contributed by atoms with Crippen molar-refractivity contribution in [3.8, 4) is 0 Å². The highest BCUT2D eigenvalue weighted by Crippen LogP contribution is 2.39. The van der Waals surface area contributed by atoms with Crippen molar-refractivity contribution >= 4 is 23.2 Å². The number of rotatable bonds is 2. The zero-order chi connectivity index (χ0) is 12.5. The summed E-state index contributed by atoms with van der Waals surface area (Å²) in [6, 6.07) is 0.473. The Morgan fingerprint density at radius 1 is 1.31 bits per heavy atom. The molecule has 0 unspecified atom stereocenters. The summed E-state index contributed by atoms with van der Waals surface area (Å²) in [6.07, 6.45) is -8.26. The van der Waals surface area contributed by atoms with Crippen molar-refractivity contribution in [1.29, 1.82) is 0 Å². The fraction of sp³-hybridized carbons (Fsp3) is 0.375. The highest BCUT2D eigenvalue weighted by molar-refractivity contribution is 6.30. The average molecular weight is 280 g/mol. The van der Waals surface area contributed by atoms with E-state index in [0.29, 0.717) is 6.07 Å². The molecule has 8 heteroatoms. The minimum atomic E-state index is -4.92. The summed E-state index contributed by atoms with van der Waals surface area (Å²) in [5.41, 5.74) is -3.02. The maximum atomic E-state index is 12.4. The third kappa shape index (κ3) is 2.74. The molecule has 1 aromatic heterocycles. The molecule has 0 aliphatic carbocycles. The molecule has 0 aliphatic heterocycles. The highest BCUT2D eigenvalue weighted by Gasteiger charge is 2.38. The van der Waals surface area contributed by atoms with Gasteiger partial charge in [0.1, 0.15) is 5.15 Å². The molecule has 1 rings (SSSR count). The normalized spacial score (nSPS) is 12.2. The summed E-state index contributed by atoms with van der Waals surface area (Å²) in [5.74, 6) is -0.341. The standard InChI is InChI=1S/C8H4Cl2F5N/c9-2-3-1-4(8(13,14)15)5(7(11)12)6(10)16-3/h1,7H,2H2. The number of halogens is 7. The van der Waals surface area contributed by atoms with Crippen LogP contribution in [0.15, 0.2) is 6.07 Å². The molecular formula is C8H4Cl2F5N. The van der Waals surface area contributed by atoms with Crippen LogP contribution in [0.5, 0.6) is 0 Å². The lowest BCUT2D eigenvalue weighted by Crippen LogP contribution is -2.12. The van der Waals surface area contributed by atoms with Gasteiger partial charge in [-0.3, -0.25) is 0 Å². The Hall–Kier alpha value is -0.620. The number of hydrogen-bond acceptors (Lipinski definition) is 1. The van der Waals surface area contributed by atoms with Crippen LogP contribution in [-0.2, 0) is 12.1 Å². The minimum absolute atomic E-state index is 0.205. The molecule has 1 heterocycles. The second kappa shape index (κ2) is 4.71. The van der Waals surface area contributed by atoms with E-state index < -0.39 is 28.9 Å². The van der Waals surface area contributed by atoms with Crippen LogP contribution < -0.4 is 0 Å². The van der Waals surface area contributed by atoms with Crippen LogP contribution in [0.1, 0.15) is 23.2 Å². The van der Waals surface area contributed by atoms with Gasteiger partial charge in [-0.05, 0) is 6.07 Å². The molecule has 0 saturated heterocycles. The summed E-state index contributed by atoms with van der Waals surface area (Å²) in [7, 11) is 0. The molecule has 0 amide bonds. The van der Waals surface area contributed by atoms with E-state index in [2.05, 4.69) is 4.98 Å². The molecule has 0 fully saturated rings. The van der Waals surface area contributed by atoms with Gasteiger partial charge in [0.15, 0.2) is 0 Å². The number of hydrogen-bond donors (Lipinski definition) is 0. The molecule has 0 N–H and O–H groups in total. The second-order valence-corrected chi connectivity index (χ2v) is 3.42. The van der Waals surface area contributed by atoms with E-state index in [1.54, 1.807) is 0 Å². The van der Waals surface area contributed by atoms with Gasteiger partial charge in [-0.15, -0.1) is 11.6 Å². The Balaban J connectivity index is 3.47. The predicted molar refractivity (Wildman–Crippen MR) is 48.8 cm³/mol. The molecule has 0 radical (unpaired) electrons. The molecule has 0 atom stereocenters. The van der Waals surface area contributed by atoms with Crippen molar-refractivity contribution in [3.05, 3.63) is 28.0 Å². The van der Waals surface area contributed by atoms with Gasteiger partial charge in [0.25, 0.3) is 6.43 Å². The second-order valence-electron chi connectivity index (χ2n) is 2.80. The molecule has 0 saturated carbocycles. The fourth-order valence-electron chi connectivity index (χ4n) is 1.08. The first-order valence-corrected chi connectivity index (χ1v) is 4.79. The van der Waals surface area contributed by atoms with Gasteiger partial charge in [-0.2, -0.15) is 13.2 Å². The fourth-order valence-corrected chi connectivity index (χ4v) is 1.51. The minimum Gasteiger partial charge on any atom is -0.239 e. The van der Waals surface area contributed by atoms with E-state index in [4.69, 9.17) is 23.2 Å². The van der Waals surface area contributed by atoms with E-state index in [9.17, 15) is 22.0 Å². The molecule has 0 aliphatic rings. The monoisotopic (exact) mass is 279 g/mol. The maximum absolute atomic E-state index is 12.4. The quantitative estimate of drug-likeness (QED) is 0.443. The first-order chi connectivity index (χ1) is 7.27. The average Bonchev–Trinajstić information content (AvgIpc) is 2.14. The molecule has 16 heavy (non-hydrogen) atoms. The van der Waals surface area contributed by atoms with Crippen LogP contribution in [0.4, 0.5) is 22.0 Å². The summed E-state index contributed by atoms with van der Waals surface area (Å²) < 4.78 is 62.1. The summed E-state index contributed by atoms with van der Waals surface area (Å²) in [5, 5.41) is -0.875. The van der Waals surface area contributed by atoms with Crippen molar-refractivity contribution in [2.75, 3.05) is 0 Å². The Kier molecular flexibility index (Phi) is 3.96. The van der Waals surface area contributed by atoms with Gasteiger partial charge in [0.2, 0.25) is 0 Å². The Labute approximate surface area is 97.2 Å². The Morgan fingerprint density at radius 3 is 2.25 bits per heavy atom. The Bertz CT molecular complexity index is 391. The number of nitrogens with zero attached hydrogens (tertiary/aromatic N) is 1. The van der Waals surface area contributed by atoms with Crippen molar-refractivity contribution < 1.29 is 22.0 Å². The molecule has 1 nitrogen and oxygen atoms in total. The largest absolute Gasteiger partial charge is 0.417 e. The van der Waals surface area contributed by atoms with Crippen molar-refractivity contribution in [2.24, 2.45) is 0 Å². The molecular weight excluding hydrogens is 276 g/mol. The van der Waals surface area contributed by atoms with Crippen LogP contribution in [0.25, 0.3) is 0 Å². The van der Waals surface area contributed by atoms with Crippen LogP contribution >= 0.6 is 23.2 Å². The zero-order valence-electron chi connectivity index (χ0n) is 7.45. The molecule has 0 spiro atoms. The predicted octanol–water partition coefficient (Wildman–Crippen LogP) is 4.43. The van der Waals surface area contributed by atoms with Gasteiger partial charge in [-0.1, -0.05) is 11.6 Å². The van der Waals surface area contributed by atoms with Gasteiger partial charge >= 0.3 is 6.18 Å². The van der Waals surface area contributed by atoms with E-state index in [1.807, 2.05) is 0 Å². The first-order valence-electron chi connectivity index (χ1n) is 3.88. The van der Waals surface area contributed by atoms with Crippen molar-refractivity contribution in [2.45, 2.75) is 18.5 Å². The lowest BCUT2D eigenvalue weighted by Gasteiger charge is -2.14. The van der Waals surface area contributed by atoms with Gasteiger partial charge < -0.3 is 0 Å². The zero-order valence-corrected chi connectivity index (χ0v) is 8.97. The van der Waals surface area contributed by atoms with E-state index in [-0.39, 0.29) is 11.6 Å². The highest BCUT2D eigenvalue weighted by atomic mass is 35.5. The number of pyridine rings is 1. The lowest BCUT2D eigenvalue weighted by molar-refractivity contribution is -0.139. The smallest absolute Gasteiger partial charge is 0.239 e. The topological polar surface area (TPSA) is 12.9 Å². The molecule has 1 aromatic rings. The molecule has 0 bridgehead atoms. The molecule has 0 aromatic carbocycles. The maximum Gasteiger partial charge on any atom is 0.417 e. The number of aromatic nitrogens is 1. The van der Waals surface area contributed by atoms with E-state index in [0.717, 1.165) is 0 Å². The first kappa shape index (κ1) is 13.4. The van der Waals surface area contributed by atoms with Crippen LogP contribution in [0, 0.1) is 0 Å². The summed E-state index contributed by atoms with van der Waals surface area (Å²) in [6.45, 7) is 0. The molecule has 90 valence electrons. The van der Waals surface area contributed by atoms with Crippen LogP contribution in [0.2, 0.25) is 5.15 Å². The summed E-state index contributed by atoms with van der Waals surface area (Å²) in [4.78, 5) is 3.34. The third-order valence-corrected chi connectivity index (χ3v) is 2.29. The Morgan fingerprint density at radius 2 is 1.88 bits per heavy atom. The van der Waals surface area contributed by atoms with Crippen molar-refractivity contribution in [3.63, 3.8) is 0 Å². The SMILES string of the molecule is FC(F)c1c(C(F)(F)F)cc(CCl)nc1Cl. The van der Waals surface area contributed by atoms with Gasteiger partial charge in [0.05, 0.1) is 22.7 Å². The third-order valence-electron chi connectivity index (χ3n) is 1.73.